The molecule has 0 heterocycles. The number of amides is 2. The highest BCUT2D eigenvalue weighted by molar-refractivity contribution is 5.71. The van der Waals surface area contributed by atoms with E-state index in [2.05, 4.69) is 12.2 Å². The molecular weight excluding hydrogens is 200 g/mol. The molecule has 16 heavy (non-hydrogen) atoms. The van der Waals surface area contributed by atoms with E-state index >= 15 is 0 Å². The molecule has 0 rings (SSSR count). The summed E-state index contributed by atoms with van der Waals surface area (Å²) in [7, 11) is 0. The van der Waals surface area contributed by atoms with E-state index in [9.17, 15) is 4.79 Å². The van der Waals surface area contributed by atoms with Gasteiger partial charge in [-0.2, -0.15) is 0 Å². The second kappa shape index (κ2) is 12.3. The summed E-state index contributed by atoms with van der Waals surface area (Å²) < 4.78 is 0. The first kappa shape index (κ1) is 15.3. The minimum absolute atomic E-state index is 0.407. The van der Waals surface area contributed by atoms with Crippen LogP contribution in [-0.2, 0) is 0 Å². The molecule has 0 bridgehead atoms. The van der Waals surface area contributed by atoms with Crippen LogP contribution < -0.4 is 11.1 Å². The van der Waals surface area contributed by atoms with Crippen LogP contribution in [0.1, 0.15) is 71.1 Å². The van der Waals surface area contributed by atoms with Crippen LogP contribution in [0.2, 0.25) is 0 Å². The number of hydrogen-bond donors (Lipinski definition) is 2. The van der Waals surface area contributed by atoms with Gasteiger partial charge in [0.15, 0.2) is 0 Å². The molecule has 0 aliphatic rings. The first-order valence-electron chi connectivity index (χ1n) is 6.80. The fraction of sp³-hybridized carbons (Fsp3) is 0.923. The molecule has 0 aromatic carbocycles. The van der Waals surface area contributed by atoms with Crippen molar-refractivity contribution in [3.8, 4) is 0 Å². The van der Waals surface area contributed by atoms with Crippen molar-refractivity contribution >= 4 is 6.03 Å². The van der Waals surface area contributed by atoms with Crippen LogP contribution in [0.15, 0.2) is 0 Å². The maximum atomic E-state index is 10.4. The lowest BCUT2D eigenvalue weighted by atomic mass is 10.1. The Kier molecular flexibility index (Phi) is 11.8. The summed E-state index contributed by atoms with van der Waals surface area (Å²) in [5.74, 6) is 0. The van der Waals surface area contributed by atoms with Gasteiger partial charge in [0, 0.05) is 6.54 Å². The Labute approximate surface area is 100 Å². The second-order valence-corrected chi connectivity index (χ2v) is 4.47. The van der Waals surface area contributed by atoms with Gasteiger partial charge in [-0.05, 0) is 6.42 Å². The molecule has 0 aliphatic carbocycles. The smallest absolute Gasteiger partial charge is 0.312 e. The Bertz CT molecular complexity index is 160. The van der Waals surface area contributed by atoms with Gasteiger partial charge in [-0.3, -0.25) is 0 Å². The van der Waals surface area contributed by atoms with Gasteiger partial charge in [-0.15, -0.1) is 0 Å². The lowest BCUT2D eigenvalue weighted by Crippen LogP contribution is -2.29. The SMILES string of the molecule is CCCCCCCCCCCCNC(N)=O. The minimum atomic E-state index is -0.407. The number of nitrogens with one attached hydrogen (secondary N) is 1. The van der Waals surface area contributed by atoms with Gasteiger partial charge in [0.2, 0.25) is 0 Å². The highest BCUT2D eigenvalue weighted by Gasteiger charge is 1.93. The molecule has 0 radical (unpaired) electrons. The van der Waals surface area contributed by atoms with Crippen LogP contribution in [0.25, 0.3) is 0 Å². The molecule has 0 unspecified atom stereocenters. The summed E-state index contributed by atoms with van der Waals surface area (Å²) in [6, 6.07) is -0.407. The molecule has 3 nitrogen and oxygen atoms in total. The standard InChI is InChI=1S/C13H28N2O/c1-2-3-4-5-6-7-8-9-10-11-12-15-13(14)16/h2-12H2,1H3,(H3,14,15,16). The van der Waals surface area contributed by atoms with E-state index in [1.165, 1.54) is 57.8 Å². The van der Waals surface area contributed by atoms with E-state index in [0.717, 1.165) is 13.0 Å². The summed E-state index contributed by atoms with van der Waals surface area (Å²) in [4.78, 5) is 10.4. The number of primary amides is 1. The predicted molar refractivity (Wildman–Crippen MR) is 69.4 cm³/mol. The van der Waals surface area contributed by atoms with Crippen LogP contribution in [0.5, 0.6) is 0 Å². The lowest BCUT2D eigenvalue weighted by Gasteiger charge is -2.02. The van der Waals surface area contributed by atoms with Gasteiger partial charge in [-0.25, -0.2) is 4.79 Å². The topological polar surface area (TPSA) is 55.1 Å². The van der Waals surface area contributed by atoms with E-state index < -0.39 is 6.03 Å². The molecule has 0 fully saturated rings. The van der Waals surface area contributed by atoms with E-state index in [1.54, 1.807) is 0 Å². The fourth-order valence-electron chi connectivity index (χ4n) is 1.82. The third-order valence-electron chi connectivity index (χ3n) is 2.83. The largest absolute Gasteiger partial charge is 0.352 e. The number of carbonyl (C=O) groups excluding carboxylic acids is 1. The van der Waals surface area contributed by atoms with Gasteiger partial charge in [0.25, 0.3) is 0 Å². The van der Waals surface area contributed by atoms with Crippen molar-refractivity contribution in [3.63, 3.8) is 0 Å². The first-order chi connectivity index (χ1) is 7.77. The summed E-state index contributed by atoms with van der Waals surface area (Å²) in [5.41, 5.74) is 4.96. The molecule has 2 amide bonds. The molecule has 0 aromatic rings. The van der Waals surface area contributed by atoms with Crippen LogP contribution >= 0.6 is 0 Å². The van der Waals surface area contributed by atoms with E-state index in [0.29, 0.717) is 0 Å². The van der Waals surface area contributed by atoms with Crippen molar-refractivity contribution in [2.75, 3.05) is 6.54 Å². The Balaban J connectivity index is 2.90. The van der Waals surface area contributed by atoms with Gasteiger partial charge in [-0.1, -0.05) is 64.7 Å². The third kappa shape index (κ3) is 13.3. The quantitative estimate of drug-likeness (QED) is 0.522. The Hall–Kier alpha value is -0.730. The Morgan fingerprint density at radius 3 is 1.75 bits per heavy atom. The Morgan fingerprint density at radius 1 is 0.875 bits per heavy atom. The maximum Gasteiger partial charge on any atom is 0.312 e. The van der Waals surface area contributed by atoms with Crippen molar-refractivity contribution in [2.24, 2.45) is 5.73 Å². The second-order valence-electron chi connectivity index (χ2n) is 4.47. The predicted octanol–water partition coefficient (Wildman–Crippen LogP) is 3.58. The average Bonchev–Trinajstić information content (AvgIpc) is 2.25. The van der Waals surface area contributed by atoms with E-state index in [-0.39, 0.29) is 0 Å². The first-order valence-corrected chi connectivity index (χ1v) is 6.80. The third-order valence-corrected chi connectivity index (χ3v) is 2.83. The fourth-order valence-corrected chi connectivity index (χ4v) is 1.82. The van der Waals surface area contributed by atoms with Gasteiger partial charge >= 0.3 is 6.03 Å². The molecule has 0 aromatic heterocycles. The number of unbranched alkanes of at least 4 members (excludes halogenated alkanes) is 9. The summed E-state index contributed by atoms with van der Waals surface area (Å²) in [5, 5.41) is 2.61. The minimum Gasteiger partial charge on any atom is -0.352 e. The summed E-state index contributed by atoms with van der Waals surface area (Å²) in [6.45, 7) is 2.98. The maximum absolute atomic E-state index is 10.4. The zero-order valence-corrected chi connectivity index (χ0v) is 10.8. The van der Waals surface area contributed by atoms with Crippen molar-refractivity contribution < 1.29 is 4.79 Å². The molecule has 0 aliphatic heterocycles. The summed E-state index contributed by atoms with van der Waals surface area (Å²) >= 11 is 0. The molecule has 0 spiro atoms. The molecule has 0 saturated heterocycles. The Morgan fingerprint density at radius 2 is 1.31 bits per heavy atom. The molecule has 0 atom stereocenters. The monoisotopic (exact) mass is 228 g/mol. The number of rotatable bonds is 11. The normalized spacial score (nSPS) is 10.3. The van der Waals surface area contributed by atoms with Gasteiger partial charge in [0.05, 0.1) is 0 Å². The molecular formula is C13H28N2O. The average molecular weight is 228 g/mol. The van der Waals surface area contributed by atoms with Crippen LogP contribution in [-0.4, -0.2) is 12.6 Å². The summed E-state index contributed by atoms with van der Waals surface area (Å²) in [6.07, 6.45) is 13.2. The number of urea groups is 1. The van der Waals surface area contributed by atoms with Crippen LogP contribution in [0.4, 0.5) is 4.79 Å². The van der Waals surface area contributed by atoms with Gasteiger partial charge in [0.1, 0.15) is 0 Å². The number of nitrogens with two attached hydrogens (primary N) is 1. The van der Waals surface area contributed by atoms with E-state index in [1.807, 2.05) is 0 Å². The zero-order chi connectivity index (χ0) is 12.1. The highest BCUT2D eigenvalue weighted by atomic mass is 16.2. The zero-order valence-electron chi connectivity index (χ0n) is 10.8. The van der Waals surface area contributed by atoms with Crippen molar-refractivity contribution in [1.82, 2.24) is 5.32 Å². The molecule has 96 valence electrons. The number of hydrogen-bond acceptors (Lipinski definition) is 1. The molecule has 0 saturated carbocycles. The van der Waals surface area contributed by atoms with Crippen LogP contribution in [0.3, 0.4) is 0 Å². The van der Waals surface area contributed by atoms with Crippen molar-refractivity contribution in [3.05, 3.63) is 0 Å². The van der Waals surface area contributed by atoms with Crippen molar-refractivity contribution in [1.29, 1.82) is 0 Å². The van der Waals surface area contributed by atoms with E-state index in [4.69, 9.17) is 5.73 Å². The molecule has 3 N–H and O–H groups in total. The van der Waals surface area contributed by atoms with Gasteiger partial charge < -0.3 is 11.1 Å². The molecule has 3 heteroatoms. The van der Waals surface area contributed by atoms with Crippen LogP contribution in [0, 0.1) is 0 Å². The number of carbonyl (C=O) groups is 1. The van der Waals surface area contributed by atoms with Crippen molar-refractivity contribution in [2.45, 2.75) is 71.1 Å². The lowest BCUT2D eigenvalue weighted by molar-refractivity contribution is 0.248. The highest BCUT2D eigenvalue weighted by Crippen LogP contribution is 2.10.